The van der Waals surface area contributed by atoms with Gasteiger partial charge in [0.25, 0.3) is 0 Å². The van der Waals surface area contributed by atoms with Crippen molar-refractivity contribution in [3.8, 4) is 0 Å². The normalized spacial score (nSPS) is 13.1. The van der Waals surface area contributed by atoms with Gasteiger partial charge in [-0.2, -0.15) is 0 Å². The third kappa shape index (κ3) is 11.2. The summed E-state index contributed by atoms with van der Waals surface area (Å²) < 4.78 is 0. The van der Waals surface area contributed by atoms with Crippen molar-refractivity contribution in [2.45, 2.75) is 31.0 Å². The van der Waals surface area contributed by atoms with Crippen LogP contribution in [0.4, 0.5) is 0 Å². The standard InChI is InChI=1S/C14H25N7O9/c15-6(1-2-30-21-14(16)17)11(26)18-4-9(23)19-7(3-10(24)25)12(27)20-8(5-22)13(28)29/h6-8,22H,1-5,15H2,(H,18,26)(H,19,23)(H,20,27)(H,24,25)(H,28,29)(H4,16,17,21)/t6-,7-,8-/m0/s1. The van der Waals surface area contributed by atoms with Gasteiger partial charge in [-0.15, -0.1) is 0 Å². The molecule has 16 heteroatoms. The van der Waals surface area contributed by atoms with Gasteiger partial charge in [-0.05, 0) is 5.16 Å². The van der Waals surface area contributed by atoms with E-state index in [9.17, 15) is 24.0 Å². The molecule has 0 spiro atoms. The SMILES string of the molecule is NC(N)=NOCC[C@H](N)C(=O)NCC(=O)N[C@@H](CC(=O)O)C(=O)N[C@@H](CO)C(=O)O. The molecule has 0 aromatic rings. The minimum atomic E-state index is -1.69. The van der Waals surface area contributed by atoms with Crippen LogP contribution in [0.3, 0.4) is 0 Å². The topological polar surface area (TPSA) is 282 Å². The van der Waals surface area contributed by atoms with E-state index in [4.69, 9.17) is 32.5 Å². The fourth-order valence-electron chi connectivity index (χ4n) is 1.82. The van der Waals surface area contributed by atoms with Gasteiger partial charge in [0.2, 0.25) is 23.7 Å². The Balaban J connectivity index is 4.66. The summed E-state index contributed by atoms with van der Waals surface area (Å²) in [5.41, 5.74) is 15.6. The largest absolute Gasteiger partial charge is 0.481 e. The Bertz CT molecular complexity index is 666. The van der Waals surface area contributed by atoms with Crippen LogP contribution in [0.2, 0.25) is 0 Å². The molecule has 0 saturated heterocycles. The zero-order valence-electron chi connectivity index (χ0n) is 15.7. The first kappa shape index (κ1) is 26.3. The number of rotatable bonds is 14. The molecule has 30 heavy (non-hydrogen) atoms. The molecule has 0 bridgehead atoms. The molecule has 0 aromatic heterocycles. The maximum Gasteiger partial charge on any atom is 0.328 e. The second-order valence-electron chi connectivity index (χ2n) is 5.76. The first-order valence-corrected chi connectivity index (χ1v) is 8.37. The average Bonchev–Trinajstić information content (AvgIpc) is 2.65. The molecule has 0 aliphatic heterocycles. The van der Waals surface area contributed by atoms with Crippen molar-refractivity contribution in [1.82, 2.24) is 16.0 Å². The van der Waals surface area contributed by atoms with E-state index in [-0.39, 0.29) is 19.0 Å². The molecule has 12 N–H and O–H groups in total. The van der Waals surface area contributed by atoms with Crippen LogP contribution in [0.25, 0.3) is 0 Å². The lowest BCUT2D eigenvalue weighted by atomic mass is 10.1. The van der Waals surface area contributed by atoms with E-state index < -0.39 is 67.4 Å². The van der Waals surface area contributed by atoms with E-state index in [1.54, 1.807) is 0 Å². The van der Waals surface area contributed by atoms with Crippen LogP contribution in [0.15, 0.2) is 5.16 Å². The maximum absolute atomic E-state index is 12.0. The number of nitrogens with one attached hydrogen (secondary N) is 3. The molecule has 0 radical (unpaired) electrons. The highest BCUT2D eigenvalue weighted by atomic mass is 16.6. The molecule has 0 heterocycles. The van der Waals surface area contributed by atoms with Crippen molar-refractivity contribution < 1.29 is 44.1 Å². The number of amides is 3. The number of carboxylic acid groups (broad SMARTS) is 2. The van der Waals surface area contributed by atoms with Crippen molar-refractivity contribution >= 4 is 35.6 Å². The van der Waals surface area contributed by atoms with E-state index in [1.807, 2.05) is 10.6 Å². The fraction of sp³-hybridized carbons (Fsp3) is 0.571. The molecular weight excluding hydrogens is 410 g/mol. The van der Waals surface area contributed by atoms with Crippen molar-refractivity contribution in [2.75, 3.05) is 19.8 Å². The highest BCUT2D eigenvalue weighted by Crippen LogP contribution is 1.96. The van der Waals surface area contributed by atoms with Gasteiger partial charge < -0.3 is 53.3 Å². The summed E-state index contributed by atoms with van der Waals surface area (Å²) in [5, 5.41) is 35.9. The molecule has 3 atom stereocenters. The molecule has 3 amide bonds. The second kappa shape index (κ2) is 13.5. The number of aliphatic hydroxyl groups excluding tert-OH is 1. The summed E-state index contributed by atoms with van der Waals surface area (Å²) in [6.45, 7) is -1.68. The highest BCUT2D eigenvalue weighted by molar-refractivity contribution is 5.94. The summed E-state index contributed by atoms with van der Waals surface area (Å²) in [6, 6.07) is -4.42. The Morgan fingerprint density at radius 3 is 2.13 bits per heavy atom. The van der Waals surface area contributed by atoms with Gasteiger partial charge in [-0.25, -0.2) is 4.79 Å². The van der Waals surface area contributed by atoms with E-state index >= 15 is 0 Å². The summed E-state index contributed by atoms with van der Waals surface area (Å²) in [5.74, 6) is -6.17. The van der Waals surface area contributed by atoms with Gasteiger partial charge in [0.15, 0.2) is 0 Å². The van der Waals surface area contributed by atoms with Gasteiger partial charge in [-0.3, -0.25) is 19.2 Å². The van der Waals surface area contributed by atoms with Gasteiger partial charge >= 0.3 is 11.9 Å². The molecule has 170 valence electrons. The molecule has 0 aromatic carbocycles. The lowest BCUT2D eigenvalue weighted by Crippen LogP contribution is -2.55. The zero-order chi connectivity index (χ0) is 23.3. The Labute approximate surface area is 169 Å². The monoisotopic (exact) mass is 435 g/mol. The molecule has 16 nitrogen and oxygen atoms in total. The molecule has 0 unspecified atom stereocenters. The fourth-order valence-corrected chi connectivity index (χ4v) is 1.82. The number of nitrogens with zero attached hydrogens (tertiary/aromatic N) is 1. The molecule has 0 aliphatic rings. The second-order valence-corrected chi connectivity index (χ2v) is 5.76. The van der Waals surface area contributed by atoms with Crippen LogP contribution < -0.4 is 33.2 Å². The molecular formula is C14H25N7O9. The van der Waals surface area contributed by atoms with Gasteiger partial charge in [0.05, 0.1) is 25.6 Å². The van der Waals surface area contributed by atoms with Gasteiger partial charge in [0, 0.05) is 6.42 Å². The highest BCUT2D eigenvalue weighted by Gasteiger charge is 2.28. The Hall–Kier alpha value is -3.66. The maximum atomic E-state index is 12.0. The third-order valence-corrected chi connectivity index (χ3v) is 3.28. The van der Waals surface area contributed by atoms with E-state index in [0.717, 1.165) is 0 Å². The minimum Gasteiger partial charge on any atom is -0.481 e. The van der Waals surface area contributed by atoms with E-state index in [1.165, 1.54) is 0 Å². The van der Waals surface area contributed by atoms with Crippen molar-refractivity contribution in [1.29, 1.82) is 0 Å². The Morgan fingerprint density at radius 1 is 1.00 bits per heavy atom. The summed E-state index contributed by atoms with van der Waals surface area (Å²) in [7, 11) is 0. The van der Waals surface area contributed by atoms with E-state index in [2.05, 4.69) is 15.3 Å². The van der Waals surface area contributed by atoms with Crippen LogP contribution in [-0.2, 0) is 28.8 Å². The number of nitrogens with two attached hydrogens (primary N) is 3. The number of aliphatic carboxylic acids is 2. The van der Waals surface area contributed by atoms with Crippen LogP contribution >= 0.6 is 0 Å². The number of carbonyl (C=O) groups excluding carboxylic acids is 3. The quantitative estimate of drug-likeness (QED) is 0.0534. The third-order valence-electron chi connectivity index (χ3n) is 3.28. The average molecular weight is 435 g/mol. The number of oxime groups is 1. The number of hydrogen-bond acceptors (Lipinski definition) is 9. The Kier molecular flexibility index (Phi) is 11.9. The van der Waals surface area contributed by atoms with Crippen LogP contribution in [0.5, 0.6) is 0 Å². The van der Waals surface area contributed by atoms with Crippen molar-refractivity contribution in [3.63, 3.8) is 0 Å². The molecule has 0 fully saturated rings. The van der Waals surface area contributed by atoms with Crippen molar-refractivity contribution in [3.05, 3.63) is 0 Å². The number of carbonyl (C=O) groups is 5. The number of aliphatic hydroxyl groups is 1. The summed E-state index contributed by atoms with van der Waals surface area (Å²) in [4.78, 5) is 62.1. The smallest absolute Gasteiger partial charge is 0.328 e. The number of guanidine groups is 1. The van der Waals surface area contributed by atoms with Gasteiger partial charge in [-0.1, -0.05) is 0 Å². The zero-order valence-corrected chi connectivity index (χ0v) is 15.7. The van der Waals surface area contributed by atoms with Crippen LogP contribution in [-0.4, -0.2) is 88.8 Å². The minimum absolute atomic E-state index is 0.00597. The number of hydrogen-bond donors (Lipinski definition) is 9. The van der Waals surface area contributed by atoms with Gasteiger partial charge in [0.1, 0.15) is 18.7 Å². The lowest BCUT2D eigenvalue weighted by Gasteiger charge is -2.19. The first-order valence-electron chi connectivity index (χ1n) is 8.37. The van der Waals surface area contributed by atoms with E-state index in [0.29, 0.717) is 0 Å². The summed E-state index contributed by atoms with van der Waals surface area (Å²) in [6.07, 6.45) is -0.864. The lowest BCUT2D eigenvalue weighted by molar-refractivity contribution is -0.144. The predicted octanol–water partition coefficient (Wildman–Crippen LogP) is -5.45. The van der Waals surface area contributed by atoms with Crippen LogP contribution in [0.1, 0.15) is 12.8 Å². The first-order chi connectivity index (χ1) is 14.0. The molecule has 0 saturated carbocycles. The van der Waals surface area contributed by atoms with Crippen LogP contribution in [0, 0.1) is 0 Å². The summed E-state index contributed by atoms with van der Waals surface area (Å²) >= 11 is 0. The molecule has 0 aliphatic carbocycles. The van der Waals surface area contributed by atoms with Crippen molar-refractivity contribution in [2.24, 2.45) is 22.4 Å². The molecule has 0 rings (SSSR count). The predicted molar refractivity (Wildman–Crippen MR) is 98.2 cm³/mol. The number of carboxylic acids is 2. The Morgan fingerprint density at radius 2 is 1.63 bits per heavy atom.